The zero-order valence-corrected chi connectivity index (χ0v) is 17.0. The van der Waals surface area contributed by atoms with E-state index in [0.29, 0.717) is 36.3 Å². The zero-order chi connectivity index (χ0) is 21.3. The highest BCUT2D eigenvalue weighted by Gasteiger charge is 2.32. The zero-order valence-electron chi connectivity index (χ0n) is 17.0. The molecule has 1 aromatic rings. The smallest absolute Gasteiger partial charge is 0.333 e. The first-order valence-corrected chi connectivity index (χ1v) is 10.1. The van der Waals surface area contributed by atoms with Gasteiger partial charge in [-0.3, -0.25) is 9.13 Å². The van der Waals surface area contributed by atoms with Crippen molar-refractivity contribution in [2.24, 2.45) is 0 Å². The van der Waals surface area contributed by atoms with Crippen LogP contribution in [0.1, 0.15) is 24.7 Å². The highest BCUT2D eigenvalue weighted by molar-refractivity contribution is 5.73. The van der Waals surface area contributed by atoms with Crippen LogP contribution in [0.25, 0.3) is 11.5 Å². The minimum Gasteiger partial charge on any atom is -0.479 e. The summed E-state index contributed by atoms with van der Waals surface area (Å²) in [5, 5.41) is 12.7. The summed E-state index contributed by atoms with van der Waals surface area (Å²) in [6.07, 6.45) is 0.553. The molecule has 3 aliphatic heterocycles. The van der Waals surface area contributed by atoms with Crippen molar-refractivity contribution >= 4 is 11.8 Å². The number of carbonyl (C=O) groups is 1. The van der Waals surface area contributed by atoms with Crippen molar-refractivity contribution in [3.05, 3.63) is 52.2 Å². The quantitative estimate of drug-likeness (QED) is 0.579. The lowest BCUT2D eigenvalue weighted by molar-refractivity contribution is -0.148. The number of fused-ring (bicyclic) bond motifs is 3. The van der Waals surface area contributed by atoms with E-state index < -0.39 is 12.1 Å². The number of carboxylic acid groups (broad SMARTS) is 1. The molecule has 9 nitrogen and oxygen atoms in total. The molecule has 0 amide bonds. The first-order valence-electron chi connectivity index (χ1n) is 10.1. The number of hydrogen-bond acceptors (Lipinski definition) is 6. The van der Waals surface area contributed by atoms with E-state index in [2.05, 4.69) is 27.4 Å². The number of carboxylic acids is 1. The van der Waals surface area contributed by atoms with Gasteiger partial charge in [0.25, 0.3) is 0 Å². The van der Waals surface area contributed by atoms with Gasteiger partial charge in [0.15, 0.2) is 11.9 Å². The Bertz CT molecular complexity index is 1080. The molecule has 30 heavy (non-hydrogen) atoms. The summed E-state index contributed by atoms with van der Waals surface area (Å²) >= 11 is 0. The van der Waals surface area contributed by atoms with Gasteiger partial charge in [-0.15, -0.1) is 0 Å². The second kappa shape index (κ2) is 8.27. The minimum atomic E-state index is -1.07. The molecule has 158 valence electrons. The van der Waals surface area contributed by atoms with Crippen LogP contribution >= 0.6 is 0 Å². The third-order valence-electron chi connectivity index (χ3n) is 5.34. The second-order valence-electron chi connectivity index (χ2n) is 7.50. The Hall–Kier alpha value is -3.20. The van der Waals surface area contributed by atoms with Crippen LogP contribution in [-0.4, -0.2) is 49.4 Å². The molecule has 2 atom stereocenters. The Morgan fingerprint density at radius 1 is 1.33 bits per heavy atom. The van der Waals surface area contributed by atoms with Crippen LogP contribution in [0.5, 0.6) is 0 Å². The van der Waals surface area contributed by atoms with Crippen LogP contribution in [0.4, 0.5) is 5.82 Å². The SMILES string of the molecule is CCCn1c2nc(CC(OC)C(=O)O)nc-2c2n(c1=O)C[C@@H](Cc1ccccc1)N2. The molecule has 1 aromatic carbocycles. The lowest BCUT2D eigenvalue weighted by Gasteiger charge is -2.13. The number of aromatic nitrogens is 4. The number of rotatable bonds is 8. The van der Waals surface area contributed by atoms with Gasteiger partial charge in [0, 0.05) is 32.7 Å². The van der Waals surface area contributed by atoms with E-state index in [1.54, 1.807) is 9.13 Å². The fourth-order valence-corrected chi connectivity index (χ4v) is 3.93. The summed E-state index contributed by atoms with van der Waals surface area (Å²) in [4.78, 5) is 33.6. The maximum atomic E-state index is 13.2. The van der Waals surface area contributed by atoms with E-state index in [1.807, 2.05) is 25.1 Å². The summed E-state index contributed by atoms with van der Waals surface area (Å²) in [5.41, 5.74) is 1.65. The summed E-state index contributed by atoms with van der Waals surface area (Å²) in [6, 6.07) is 10.2. The molecule has 0 spiro atoms. The first-order chi connectivity index (χ1) is 14.5. The van der Waals surface area contributed by atoms with Gasteiger partial charge in [0.2, 0.25) is 0 Å². The largest absolute Gasteiger partial charge is 0.479 e. The Morgan fingerprint density at radius 3 is 2.77 bits per heavy atom. The Balaban J connectivity index is 1.72. The fraction of sp³-hybridized carbons (Fsp3) is 0.429. The van der Waals surface area contributed by atoms with Crippen LogP contribution in [0.15, 0.2) is 35.1 Å². The van der Waals surface area contributed by atoms with E-state index in [4.69, 9.17) is 4.74 Å². The lowest BCUT2D eigenvalue weighted by atomic mass is 10.1. The molecule has 0 saturated carbocycles. The number of imidazole rings is 1. The third-order valence-corrected chi connectivity index (χ3v) is 5.34. The standard InChI is InChI=1S/C21H25N5O4/c1-3-9-25-19-17(23-16(24-19)11-15(30-2)20(27)28)18-22-14(12-26(18)21(25)29)10-13-7-5-4-6-8-13/h4-8,14-15,22H,3,9-12H2,1-2H3,(H,27,28)/t14-,15?/m1/s1. The summed E-state index contributed by atoms with van der Waals surface area (Å²) in [7, 11) is 1.34. The van der Waals surface area contributed by atoms with Crippen LogP contribution in [0.2, 0.25) is 0 Å². The van der Waals surface area contributed by atoms with Crippen molar-refractivity contribution in [3.8, 4) is 11.5 Å². The maximum absolute atomic E-state index is 13.2. The number of anilines is 1. The molecule has 0 fully saturated rings. The number of hydrogen-bond donors (Lipinski definition) is 2. The van der Waals surface area contributed by atoms with E-state index in [9.17, 15) is 14.7 Å². The predicted molar refractivity (Wildman–Crippen MR) is 111 cm³/mol. The molecule has 1 unspecified atom stereocenters. The highest BCUT2D eigenvalue weighted by atomic mass is 16.5. The first kappa shape index (κ1) is 20.1. The van der Waals surface area contributed by atoms with Gasteiger partial charge in [0.05, 0.1) is 0 Å². The number of benzene rings is 1. The van der Waals surface area contributed by atoms with Crippen molar-refractivity contribution in [1.82, 2.24) is 19.1 Å². The van der Waals surface area contributed by atoms with Gasteiger partial charge in [-0.1, -0.05) is 37.3 Å². The molecule has 3 heterocycles. The summed E-state index contributed by atoms with van der Waals surface area (Å²) in [6.45, 7) is 3.06. The molecule has 0 radical (unpaired) electrons. The monoisotopic (exact) mass is 411 g/mol. The molecule has 0 saturated heterocycles. The molecule has 4 rings (SSSR count). The van der Waals surface area contributed by atoms with Crippen LogP contribution in [-0.2, 0) is 35.5 Å². The topological polar surface area (TPSA) is 111 Å². The van der Waals surface area contributed by atoms with Crippen molar-refractivity contribution in [1.29, 1.82) is 0 Å². The Kier molecular flexibility index (Phi) is 5.54. The molecule has 0 bridgehead atoms. The van der Waals surface area contributed by atoms with Gasteiger partial charge in [-0.2, -0.15) is 0 Å². The van der Waals surface area contributed by atoms with Gasteiger partial charge >= 0.3 is 11.7 Å². The number of nitrogens with zero attached hydrogens (tertiary/aromatic N) is 4. The average molecular weight is 411 g/mol. The Morgan fingerprint density at radius 2 is 2.10 bits per heavy atom. The molecule has 2 N–H and O–H groups in total. The lowest BCUT2D eigenvalue weighted by Crippen LogP contribution is -2.32. The average Bonchev–Trinajstić information content (AvgIpc) is 3.34. The van der Waals surface area contributed by atoms with Crippen molar-refractivity contribution in [3.63, 3.8) is 0 Å². The summed E-state index contributed by atoms with van der Waals surface area (Å²) in [5.74, 6) is 0.409. The fourth-order valence-electron chi connectivity index (χ4n) is 3.93. The number of nitrogens with one attached hydrogen (secondary N) is 1. The van der Waals surface area contributed by atoms with E-state index in [0.717, 1.165) is 12.8 Å². The van der Waals surface area contributed by atoms with E-state index in [-0.39, 0.29) is 18.2 Å². The number of aliphatic carboxylic acids is 1. The van der Waals surface area contributed by atoms with Crippen LogP contribution in [0, 0.1) is 0 Å². The molecule has 0 aliphatic carbocycles. The van der Waals surface area contributed by atoms with E-state index >= 15 is 0 Å². The van der Waals surface area contributed by atoms with E-state index in [1.165, 1.54) is 12.7 Å². The molecule has 3 aliphatic rings. The predicted octanol–water partition coefficient (Wildman–Crippen LogP) is 1.63. The number of methoxy groups -OCH3 is 1. The van der Waals surface area contributed by atoms with Gasteiger partial charge in [-0.05, 0) is 18.4 Å². The molecule has 0 aromatic heterocycles. The third kappa shape index (κ3) is 3.68. The number of ether oxygens (including phenoxy) is 1. The van der Waals surface area contributed by atoms with Crippen molar-refractivity contribution in [2.45, 2.75) is 51.4 Å². The minimum absolute atomic E-state index is 0.0354. The molecular weight excluding hydrogens is 386 g/mol. The normalized spacial score (nSPS) is 16.4. The molecule has 9 heteroatoms. The highest BCUT2D eigenvalue weighted by Crippen LogP contribution is 2.31. The second-order valence-corrected chi connectivity index (χ2v) is 7.50. The van der Waals surface area contributed by atoms with Gasteiger partial charge < -0.3 is 15.2 Å². The molecular formula is C21H25N5O4. The Labute approximate surface area is 173 Å². The van der Waals surface area contributed by atoms with Crippen molar-refractivity contribution < 1.29 is 14.6 Å². The van der Waals surface area contributed by atoms with Gasteiger partial charge in [0.1, 0.15) is 17.3 Å². The maximum Gasteiger partial charge on any atom is 0.333 e. The van der Waals surface area contributed by atoms with Crippen LogP contribution in [0.3, 0.4) is 0 Å². The van der Waals surface area contributed by atoms with Gasteiger partial charge in [-0.25, -0.2) is 19.6 Å². The van der Waals surface area contributed by atoms with Crippen molar-refractivity contribution in [2.75, 3.05) is 12.4 Å². The summed E-state index contributed by atoms with van der Waals surface area (Å²) < 4.78 is 8.37. The van der Waals surface area contributed by atoms with Crippen LogP contribution < -0.4 is 11.0 Å².